The van der Waals surface area contributed by atoms with Crippen molar-refractivity contribution in [1.29, 1.82) is 0 Å². The van der Waals surface area contributed by atoms with Crippen LogP contribution in [0, 0.1) is 11.6 Å². The number of H-pyrrole nitrogens is 1. The Morgan fingerprint density at radius 1 is 1.13 bits per heavy atom. The number of urea groups is 1. The van der Waals surface area contributed by atoms with Crippen LogP contribution in [0.1, 0.15) is 11.1 Å². The predicted molar refractivity (Wildman–Crippen MR) is 103 cm³/mol. The Morgan fingerprint density at radius 3 is 2.67 bits per heavy atom. The molecule has 1 aliphatic rings. The fourth-order valence-electron chi connectivity index (χ4n) is 3.18. The molecule has 0 radical (unpaired) electrons. The van der Waals surface area contributed by atoms with Crippen molar-refractivity contribution in [3.8, 4) is 5.75 Å². The van der Waals surface area contributed by atoms with Gasteiger partial charge in [0.2, 0.25) is 6.86 Å². The summed E-state index contributed by atoms with van der Waals surface area (Å²) in [5, 5.41) is 3.26. The molecule has 0 spiro atoms. The average molecular weight is 436 g/mol. The summed E-state index contributed by atoms with van der Waals surface area (Å²) in [6.45, 7) is -1.29. The number of imide groups is 1. The van der Waals surface area contributed by atoms with Crippen LogP contribution in [0.3, 0.4) is 0 Å². The van der Waals surface area contributed by atoms with Crippen LogP contribution < -0.4 is 10.1 Å². The zero-order valence-electron chi connectivity index (χ0n) is 15.1. The fourth-order valence-corrected chi connectivity index (χ4v) is 3.39. The van der Waals surface area contributed by atoms with Gasteiger partial charge in [-0.15, -0.1) is 0 Å². The summed E-state index contributed by atoms with van der Waals surface area (Å²) in [6.07, 6.45) is 2.99. The quantitative estimate of drug-likeness (QED) is 0.458. The van der Waals surface area contributed by atoms with E-state index in [0.717, 1.165) is 17.0 Å². The number of amides is 3. The monoisotopic (exact) mass is 435 g/mol. The number of fused-ring (bicyclic) bond motifs is 1. The van der Waals surface area contributed by atoms with E-state index in [-0.39, 0.29) is 28.6 Å². The van der Waals surface area contributed by atoms with Crippen molar-refractivity contribution in [3.05, 3.63) is 70.0 Å². The van der Waals surface area contributed by atoms with Crippen molar-refractivity contribution < 1.29 is 27.5 Å². The first-order chi connectivity index (χ1) is 14.4. The molecular weight excluding hydrogens is 423 g/mol. The lowest BCUT2D eigenvalue weighted by Gasteiger charge is -2.11. The Balaban J connectivity index is 1.63. The molecule has 30 heavy (non-hydrogen) atoms. The number of alkyl halides is 1. The molecule has 0 unspecified atom stereocenters. The van der Waals surface area contributed by atoms with E-state index in [0.29, 0.717) is 16.5 Å². The number of carbonyl (C=O) groups is 2. The summed E-state index contributed by atoms with van der Waals surface area (Å²) in [6, 6.07) is 5.62. The molecule has 0 atom stereocenters. The van der Waals surface area contributed by atoms with Crippen molar-refractivity contribution in [2.75, 3.05) is 6.86 Å². The van der Waals surface area contributed by atoms with E-state index < -0.39 is 30.4 Å². The molecule has 1 aliphatic heterocycles. The zero-order valence-corrected chi connectivity index (χ0v) is 15.9. The topological polar surface area (TPSA) is 74.4 Å². The number of aromatic nitrogens is 1. The highest BCUT2D eigenvalue weighted by Gasteiger charge is 2.33. The fraction of sp³-hybridized carbons (Fsp3) is 0.100. The number of ether oxygens (including phenoxy) is 1. The van der Waals surface area contributed by atoms with Crippen LogP contribution in [-0.4, -0.2) is 28.7 Å². The number of nitrogens with zero attached hydrogens (tertiary/aromatic N) is 1. The molecule has 3 aromatic rings. The highest BCUT2D eigenvalue weighted by Crippen LogP contribution is 2.35. The number of hydrogen-bond acceptors (Lipinski definition) is 3. The summed E-state index contributed by atoms with van der Waals surface area (Å²) in [5.74, 6) is -2.59. The van der Waals surface area contributed by atoms with Gasteiger partial charge >= 0.3 is 6.03 Å². The van der Waals surface area contributed by atoms with Gasteiger partial charge in [0.25, 0.3) is 5.91 Å². The van der Waals surface area contributed by atoms with Crippen molar-refractivity contribution in [2.45, 2.75) is 6.54 Å². The van der Waals surface area contributed by atoms with Crippen LogP contribution >= 0.6 is 11.6 Å². The number of hydrogen-bond donors (Lipinski definition) is 2. The van der Waals surface area contributed by atoms with Gasteiger partial charge in [-0.05, 0) is 29.8 Å². The van der Waals surface area contributed by atoms with Crippen molar-refractivity contribution in [1.82, 2.24) is 15.2 Å². The normalized spacial score (nSPS) is 15.3. The summed E-state index contributed by atoms with van der Waals surface area (Å²) in [7, 11) is 0. The molecule has 0 saturated carbocycles. The SMILES string of the molecule is O=C1NC(=Cc2c[nH]c3c(OCF)c(Cl)ccc23)C(=O)N1Cc1ccc(F)c(F)c1. The van der Waals surface area contributed by atoms with Gasteiger partial charge in [0.05, 0.1) is 17.1 Å². The Labute approximate surface area is 172 Å². The molecule has 0 bridgehead atoms. The zero-order chi connectivity index (χ0) is 21.4. The summed E-state index contributed by atoms with van der Waals surface area (Å²) in [5.41, 5.74) is 1.21. The van der Waals surface area contributed by atoms with Crippen LogP contribution in [0.5, 0.6) is 5.75 Å². The maximum absolute atomic E-state index is 13.4. The van der Waals surface area contributed by atoms with Gasteiger partial charge in [0.1, 0.15) is 5.70 Å². The van der Waals surface area contributed by atoms with E-state index in [2.05, 4.69) is 10.3 Å². The summed E-state index contributed by atoms with van der Waals surface area (Å²) < 4.78 is 44.0. The highest BCUT2D eigenvalue weighted by molar-refractivity contribution is 6.33. The smallest absolute Gasteiger partial charge is 0.329 e. The Morgan fingerprint density at radius 2 is 1.93 bits per heavy atom. The molecular formula is C20H13ClF3N3O3. The molecule has 1 aromatic heterocycles. The number of rotatable bonds is 5. The molecule has 4 rings (SSSR count). The van der Waals surface area contributed by atoms with Crippen molar-refractivity contribution in [2.24, 2.45) is 0 Å². The molecule has 2 aromatic carbocycles. The lowest BCUT2D eigenvalue weighted by atomic mass is 10.1. The summed E-state index contributed by atoms with van der Waals surface area (Å²) in [4.78, 5) is 28.7. The Kier molecular flexibility index (Phi) is 5.13. The summed E-state index contributed by atoms with van der Waals surface area (Å²) >= 11 is 6.03. The van der Waals surface area contributed by atoms with Gasteiger partial charge in [-0.25, -0.2) is 18.0 Å². The number of nitrogens with one attached hydrogen (secondary N) is 2. The van der Waals surface area contributed by atoms with E-state index in [1.165, 1.54) is 18.2 Å². The molecule has 2 N–H and O–H groups in total. The van der Waals surface area contributed by atoms with Gasteiger partial charge in [0, 0.05) is 17.1 Å². The lowest BCUT2D eigenvalue weighted by Crippen LogP contribution is -2.30. The third kappa shape index (κ3) is 3.48. The molecule has 154 valence electrons. The van der Waals surface area contributed by atoms with E-state index in [4.69, 9.17) is 16.3 Å². The Hall–Kier alpha value is -3.46. The van der Waals surface area contributed by atoms with E-state index in [1.54, 1.807) is 12.3 Å². The van der Waals surface area contributed by atoms with Gasteiger partial charge in [-0.3, -0.25) is 9.69 Å². The first kappa shape index (κ1) is 19.8. The third-order valence-corrected chi connectivity index (χ3v) is 4.88. The Bertz CT molecular complexity index is 1210. The molecule has 1 fully saturated rings. The maximum Gasteiger partial charge on any atom is 0.329 e. The first-order valence-corrected chi connectivity index (χ1v) is 9.03. The number of halogens is 4. The molecule has 1 saturated heterocycles. The van der Waals surface area contributed by atoms with Crippen LogP contribution in [0.4, 0.5) is 18.0 Å². The van der Waals surface area contributed by atoms with Crippen molar-refractivity contribution in [3.63, 3.8) is 0 Å². The first-order valence-electron chi connectivity index (χ1n) is 8.66. The second-order valence-electron chi connectivity index (χ2n) is 6.42. The number of benzene rings is 2. The van der Waals surface area contributed by atoms with Crippen LogP contribution in [0.15, 0.2) is 42.2 Å². The molecule has 3 amide bonds. The van der Waals surface area contributed by atoms with E-state index >= 15 is 0 Å². The predicted octanol–water partition coefficient (Wildman–Crippen LogP) is 4.50. The maximum atomic E-state index is 13.4. The van der Waals surface area contributed by atoms with Crippen molar-refractivity contribution >= 4 is 40.5 Å². The third-order valence-electron chi connectivity index (χ3n) is 4.58. The second kappa shape index (κ2) is 7.75. The van der Waals surface area contributed by atoms with E-state index in [1.807, 2.05) is 0 Å². The molecule has 6 nitrogen and oxygen atoms in total. The van der Waals surface area contributed by atoms with Crippen LogP contribution in [0.25, 0.3) is 17.0 Å². The van der Waals surface area contributed by atoms with Crippen LogP contribution in [-0.2, 0) is 11.3 Å². The largest absolute Gasteiger partial charge is 0.459 e. The van der Waals surface area contributed by atoms with Crippen LogP contribution in [0.2, 0.25) is 5.02 Å². The minimum atomic E-state index is -1.07. The lowest BCUT2D eigenvalue weighted by molar-refractivity contribution is -0.123. The van der Waals surface area contributed by atoms with Gasteiger partial charge < -0.3 is 15.0 Å². The van der Waals surface area contributed by atoms with Gasteiger partial charge in [0.15, 0.2) is 17.4 Å². The molecule has 10 heteroatoms. The number of aromatic amines is 1. The van der Waals surface area contributed by atoms with E-state index in [9.17, 15) is 22.8 Å². The molecule has 0 aliphatic carbocycles. The second-order valence-corrected chi connectivity index (χ2v) is 6.83. The van der Waals surface area contributed by atoms with Gasteiger partial charge in [-0.1, -0.05) is 23.7 Å². The van der Waals surface area contributed by atoms with Gasteiger partial charge in [-0.2, -0.15) is 0 Å². The standard InChI is InChI=1S/C20H13ClF3N3O3/c21-13-3-2-12-11(7-25-17(12)18(13)30-9-22)6-16-19(28)27(20(29)26-16)8-10-1-4-14(23)15(24)5-10/h1-7,25H,8-9H2,(H,26,29). The minimum absolute atomic E-state index is 0.00797. The minimum Gasteiger partial charge on any atom is -0.459 e. The molecule has 2 heterocycles. The highest BCUT2D eigenvalue weighted by atomic mass is 35.5. The number of carbonyl (C=O) groups excluding carboxylic acids is 2. The average Bonchev–Trinajstić information content (AvgIpc) is 3.23.